The van der Waals surface area contributed by atoms with Gasteiger partial charge in [0, 0.05) is 11.1 Å². The van der Waals surface area contributed by atoms with E-state index in [-0.39, 0.29) is 5.78 Å². The van der Waals surface area contributed by atoms with Crippen LogP contribution in [0.15, 0.2) is 48.5 Å². The second-order valence-electron chi connectivity index (χ2n) is 7.88. The minimum Gasteiger partial charge on any atom is -0.476 e. The first-order valence-electron chi connectivity index (χ1n) is 10.6. The highest BCUT2D eigenvalue weighted by Crippen LogP contribution is 2.22. The average molecular weight is 415 g/mol. The Balaban J connectivity index is 1.91. The lowest BCUT2D eigenvalue weighted by Gasteiger charge is -2.24. The maximum Gasteiger partial charge on any atom is 0.349 e. The molecule has 2 aromatic carbocycles. The van der Waals surface area contributed by atoms with Crippen LogP contribution in [0.4, 0.5) is 4.39 Å². The van der Waals surface area contributed by atoms with Crippen molar-refractivity contribution in [2.24, 2.45) is 0 Å². The molecule has 0 saturated carbocycles. The third kappa shape index (κ3) is 7.29. The maximum absolute atomic E-state index is 13.1. The van der Waals surface area contributed by atoms with Gasteiger partial charge in [-0.25, -0.2) is 9.18 Å². The Morgan fingerprint density at radius 1 is 0.900 bits per heavy atom. The van der Waals surface area contributed by atoms with Gasteiger partial charge in [-0.2, -0.15) is 0 Å². The van der Waals surface area contributed by atoms with Crippen molar-refractivity contribution in [2.45, 2.75) is 64.9 Å². The summed E-state index contributed by atoms with van der Waals surface area (Å²) < 4.78 is 24.3. The quantitative estimate of drug-likeness (QED) is 0.239. The van der Waals surface area contributed by atoms with Crippen LogP contribution in [0.25, 0.3) is 0 Å². The number of ketones is 1. The van der Waals surface area contributed by atoms with Crippen molar-refractivity contribution < 1.29 is 23.5 Å². The third-order valence-electron chi connectivity index (χ3n) is 4.80. The highest BCUT2D eigenvalue weighted by molar-refractivity contribution is 6.09. The SMILES string of the molecule is CCCCCCCCOC(=O)C(C)(C)Oc1cccc(C(=O)c2ccc(F)cc2)c1. The summed E-state index contributed by atoms with van der Waals surface area (Å²) in [5, 5.41) is 0. The molecule has 0 bridgehead atoms. The van der Waals surface area contributed by atoms with E-state index in [1.54, 1.807) is 38.1 Å². The van der Waals surface area contributed by atoms with E-state index in [1.165, 1.54) is 43.5 Å². The number of carbonyl (C=O) groups excluding carboxylic acids is 2. The molecule has 0 spiro atoms. The summed E-state index contributed by atoms with van der Waals surface area (Å²) in [6.07, 6.45) is 6.70. The lowest BCUT2D eigenvalue weighted by atomic mass is 10.0. The first-order valence-corrected chi connectivity index (χ1v) is 10.6. The zero-order valence-corrected chi connectivity index (χ0v) is 18.1. The Hall–Kier alpha value is -2.69. The van der Waals surface area contributed by atoms with E-state index in [0.717, 1.165) is 19.3 Å². The van der Waals surface area contributed by atoms with Crippen molar-refractivity contribution in [3.8, 4) is 5.75 Å². The van der Waals surface area contributed by atoms with Crippen LogP contribution in [0.5, 0.6) is 5.75 Å². The predicted molar refractivity (Wildman–Crippen MR) is 115 cm³/mol. The van der Waals surface area contributed by atoms with E-state index >= 15 is 0 Å². The van der Waals surface area contributed by atoms with Crippen LogP contribution in [0.2, 0.25) is 0 Å². The van der Waals surface area contributed by atoms with Gasteiger partial charge < -0.3 is 9.47 Å². The van der Waals surface area contributed by atoms with E-state index < -0.39 is 17.4 Å². The summed E-state index contributed by atoms with van der Waals surface area (Å²) in [6, 6.07) is 12.0. The van der Waals surface area contributed by atoms with E-state index in [1.807, 2.05) is 0 Å². The molecular weight excluding hydrogens is 383 g/mol. The summed E-state index contributed by atoms with van der Waals surface area (Å²) in [5.41, 5.74) is -0.402. The zero-order chi connectivity index (χ0) is 22.0. The molecule has 4 nitrogen and oxygen atoms in total. The molecule has 0 radical (unpaired) electrons. The number of rotatable bonds is 12. The number of esters is 1. The molecule has 0 aromatic heterocycles. The van der Waals surface area contributed by atoms with Crippen molar-refractivity contribution >= 4 is 11.8 Å². The van der Waals surface area contributed by atoms with Crippen molar-refractivity contribution in [2.75, 3.05) is 6.61 Å². The van der Waals surface area contributed by atoms with Crippen LogP contribution in [-0.4, -0.2) is 24.0 Å². The lowest BCUT2D eigenvalue weighted by molar-refractivity contribution is -0.159. The molecule has 0 N–H and O–H groups in total. The molecule has 2 rings (SSSR count). The Bertz CT molecular complexity index is 827. The molecule has 0 heterocycles. The van der Waals surface area contributed by atoms with Gasteiger partial charge in [-0.15, -0.1) is 0 Å². The minimum absolute atomic E-state index is 0.246. The van der Waals surface area contributed by atoms with Crippen LogP contribution in [0.3, 0.4) is 0 Å². The highest BCUT2D eigenvalue weighted by Gasteiger charge is 2.32. The summed E-state index contributed by atoms with van der Waals surface area (Å²) in [5.74, 6) is -0.690. The van der Waals surface area contributed by atoms with Gasteiger partial charge in [-0.3, -0.25) is 4.79 Å². The van der Waals surface area contributed by atoms with Gasteiger partial charge in [-0.05, 0) is 56.7 Å². The highest BCUT2D eigenvalue weighted by atomic mass is 19.1. The van der Waals surface area contributed by atoms with E-state index in [0.29, 0.717) is 23.5 Å². The number of hydrogen-bond acceptors (Lipinski definition) is 4. The molecule has 2 aromatic rings. The molecule has 0 amide bonds. The summed E-state index contributed by atoms with van der Waals surface area (Å²) in [7, 11) is 0. The molecule has 5 heteroatoms. The first-order chi connectivity index (χ1) is 14.3. The first kappa shape index (κ1) is 23.6. The number of carbonyl (C=O) groups is 2. The minimum atomic E-state index is -1.18. The standard InChI is InChI=1S/C25H31FO4/c1-4-5-6-7-8-9-17-29-24(28)25(2,3)30-22-12-10-11-20(18-22)23(27)19-13-15-21(26)16-14-19/h10-16,18H,4-9,17H2,1-3H3. The third-order valence-corrected chi connectivity index (χ3v) is 4.80. The van der Waals surface area contributed by atoms with Gasteiger partial charge >= 0.3 is 5.97 Å². The van der Waals surface area contributed by atoms with Gasteiger partial charge in [0.1, 0.15) is 11.6 Å². The molecule has 30 heavy (non-hydrogen) atoms. The Kier molecular flexibility index (Phi) is 9.03. The number of unbranched alkanes of at least 4 members (excludes halogenated alkanes) is 5. The second-order valence-corrected chi connectivity index (χ2v) is 7.88. The predicted octanol–water partition coefficient (Wildman–Crippen LogP) is 6.12. The van der Waals surface area contributed by atoms with Crippen LogP contribution >= 0.6 is 0 Å². The molecule has 0 aliphatic carbocycles. The van der Waals surface area contributed by atoms with Gasteiger partial charge in [0.05, 0.1) is 6.61 Å². The molecule has 0 saturated heterocycles. The smallest absolute Gasteiger partial charge is 0.349 e. The topological polar surface area (TPSA) is 52.6 Å². The van der Waals surface area contributed by atoms with Gasteiger partial charge in [0.25, 0.3) is 0 Å². The Morgan fingerprint density at radius 3 is 2.27 bits per heavy atom. The van der Waals surface area contributed by atoms with Crippen molar-refractivity contribution in [3.63, 3.8) is 0 Å². The number of benzene rings is 2. The molecule has 0 fully saturated rings. The average Bonchev–Trinajstić information content (AvgIpc) is 2.73. The fraction of sp³-hybridized carbons (Fsp3) is 0.440. The van der Waals surface area contributed by atoms with Crippen LogP contribution in [0, 0.1) is 5.82 Å². The number of hydrogen-bond donors (Lipinski definition) is 0. The van der Waals surface area contributed by atoms with E-state index in [4.69, 9.17) is 9.47 Å². The number of halogens is 1. The van der Waals surface area contributed by atoms with Crippen molar-refractivity contribution in [3.05, 3.63) is 65.5 Å². The van der Waals surface area contributed by atoms with Crippen LogP contribution in [0.1, 0.15) is 75.2 Å². The zero-order valence-electron chi connectivity index (χ0n) is 18.1. The maximum atomic E-state index is 13.1. The van der Waals surface area contributed by atoms with Gasteiger partial charge in [-0.1, -0.05) is 51.2 Å². The van der Waals surface area contributed by atoms with Crippen LogP contribution < -0.4 is 4.74 Å². The number of ether oxygens (including phenoxy) is 2. The molecule has 0 atom stereocenters. The fourth-order valence-corrected chi connectivity index (χ4v) is 3.03. The largest absolute Gasteiger partial charge is 0.476 e. The molecule has 162 valence electrons. The summed E-state index contributed by atoms with van der Waals surface area (Å²) >= 11 is 0. The lowest BCUT2D eigenvalue weighted by Crippen LogP contribution is -2.40. The molecule has 0 aliphatic heterocycles. The van der Waals surface area contributed by atoms with Gasteiger partial charge in [0.15, 0.2) is 11.4 Å². The monoisotopic (exact) mass is 414 g/mol. The summed E-state index contributed by atoms with van der Waals surface area (Å²) in [4.78, 5) is 25.0. The molecule has 0 aliphatic rings. The van der Waals surface area contributed by atoms with Crippen molar-refractivity contribution in [1.82, 2.24) is 0 Å². The normalized spacial score (nSPS) is 11.2. The Labute approximate surface area is 178 Å². The van der Waals surface area contributed by atoms with E-state index in [9.17, 15) is 14.0 Å². The Morgan fingerprint density at radius 2 is 1.57 bits per heavy atom. The summed E-state index contributed by atoms with van der Waals surface area (Å²) in [6.45, 7) is 5.84. The van der Waals surface area contributed by atoms with Gasteiger partial charge in [0.2, 0.25) is 0 Å². The molecular formula is C25H31FO4. The fourth-order valence-electron chi connectivity index (χ4n) is 3.03. The molecule has 0 unspecified atom stereocenters. The second kappa shape index (κ2) is 11.5. The van der Waals surface area contributed by atoms with E-state index in [2.05, 4.69) is 6.92 Å². The van der Waals surface area contributed by atoms with Crippen molar-refractivity contribution in [1.29, 1.82) is 0 Å². The van der Waals surface area contributed by atoms with Crippen LogP contribution in [-0.2, 0) is 9.53 Å².